The summed E-state index contributed by atoms with van der Waals surface area (Å²) in [6.07, 6.45) is 7.05. The fourth-order valence-corrected chi connectivity index (χ4v) is 1.81. The monoisotopic (exact) mass is 290 g/mol. The molecule has 3 aromatic heterocycles. The summed E-state index contributed by atoms with van der Waals surface area (Å²) >= 11 is 5.89. The van der Waals surface area contributed by atoms with Gasteiger partial charge in [-0.25, -0.2) is 4.68 Å². The van der Waals surface area contributed by atoms with Crippen LogP contribution in [0.2, 0.25) is 5.28 Å². The van der Waals surface area contributed by atoms with E-state index in [0.717, 1.165) is 5.56 Å². The van der Waals surface area contributed by atoms with Gasteiger partial charge in [0.2, 0.25) is 11.2 Å². The standard InChI is InChI=1S/C11H11ClN8/c1-19-7-8(6-15-19)5-13-10-16-9(12)17-11(18-10)20-4-2-3-14-20/h2-4,6-7H,5H2,1H3,(H,13,16,17,18). The third kappa shape index (κ3) is 2.75. The summed E-state index contributed by atoms with van der Waals surface area (Å²) in [6, 6.07) is 1.78. The smallest absolute Gasteiger partial charge is 0.256 e. The molecule has 0 aliphatic carbocycles. The van der Waals surface area contributed by atoms with E-state index in [2.05, 4.69) is 30.5 Å². The number of hydrogen-bond donors (Lipinski definition) is 1. The Labute approximate surface area is 119 Å². The van der Waals surface area contributed by atoms with Crippen LogP contribution in [0.15, 0.2) is 30.9 Å². The molecule has 0 fully saturated rings. The second-order valence-corrected chi connectivity index (χ2v) is 4.39. The highest BCUT2D eigenvalue weighted by Gasteiger charge is 2.07. The second-order valence-electron chi connectivity index (χ2n) is 4.05. The highest BCUT2D eigenvalue weighted by atomic mass is 35.5. The molecule has 0 amide bonds. The van der Waals surface area contributed by atoms with Crippen molar-refractivity contribution < 1.29 is 0 Å². The quantitative estimate of drug-likeness (QED) is 0.773. The number of anilines is 1. The zero-order valence-electron chi connectivity index (χ0n) is 10.6. The van der Waals surface area contributed by atoms with Gasteiger partial charge in [-0.05, 0) is 17.7 Å². The zero-order chi connectivity index (χ0) is 13.9. The van der Waals surface area contributed by atoms with Gasteiger partial charge in [0.05, 0.1) is 6.20 Å². The molecular formula is C11H11ClN8. The summed E-state index contributed by atoms with van der Waals surface area (Å²) in [4.78, 5) is 12.3. The first-order chi connectivity index (χ1) is 9.70. The molecule has 0 spiro atoms. The number of nitrogens with zero attached hydrogens (tertiary/aromatic N) is 7. The van der Waals surface area contributed by atoms with Gasteiger partial charge >= 0.3 is 0 Å². The van der Waals surface area contributed by atoms with E-state index in [9.17, 15) is 0 Å². The van der Waals surface area contributed by atoms with Crippen LogP contribution in [-0.4, -0.2) is 34.5 Å². The predicted molar refractivity (Wildman–Crippen MR) is 72.5 cm³/mol. The average Bonchev–Trinajstić information content (AvgIpc) is 3.07. The fourth-order valence-electron chi connectivity index (χ4n) is 1.65. The van der Waals surface area contributed by atoms with Crippen LogP contribution < -0.4 is 5.32 Å². The first-order valence-corrected chi connectivity index (χ1v) is 6.21. The van der Waals surface area contributed by atoms with Crippen molar-refractivity contribution in [1.29, 1.82) is 0 Å². The van der Waals surface area contributed by atoms with Gasteiger partial charge in [-0.3, -0.25) is 4.68 Å². The van der Waals surface area contributed by atoms with Gasteiger partial charge in [0.25, 0.3) is 5.95 Å². The number of hydrogen-bond acceptors (Lipinski definition) is 6. The van der Waals surface area contributed by atoms with E-state index in [-0.39, 0.29) is 5.28 Å². The molecule has 0 atom stereocenters. The fraction of sp³-hybridized carbons (Fsp3) is 0.182. The van der Waals surface area contributed by atoms with Gasteiger partial charge in [0.15, 0.2) is 0 Å². The van der Waals surface area contributed by atoms with Crippen LogP contribution in [0, 0.1) is 0 Å². The normalized spacial score (nSPS) is 10.7. The van der Waals surface area contributed by atoms with Crippen molar-refractivity contribution in [3.63, 3.8) is 0 Å². The van der Waals surface area contributed by atoms with Crippen molar-refractivity contribution in [1.82, 2.24) is 34.5 Å². The zero-order valence-corrected chi connectivity index (χ0v) is 11.4. The van der Waals surface area contributed by atoms with Crippen LogP contribution in [0.4, 0.5) is 5.95 Å². The third-order valence-corrected chi connectivity index (χ3v) is 2.68. The summed E-state index contributed by atoms with van der Waals surface area (Å²) in [5.41, 5.74) is 1.02. The Morgan fingerprint density at radius 2 is 2.15 bits per heavy atom. The van der Waals surface area contributed by atoms with Crippen LogP contribution in [0.25, 0.3) is 5.95 Å². The van der Waals surface area contributed by atoms with Crippen LogP contribution in [-0.2, 0) is 13.6 Å². The van der Waals surface area contributed by atoms with Gasteiger partial charge in [-0.15, -0.1) is 0 Å². The van der Waals surface area contributed by atoms with Gasteiger partial charge in [-0.2, -0.15) is 25.1 Å². The lowest BCUT2D eigenvalue weighted by molar-refractivity contribution is 0.767. The van der Waals surface area contributed by atoms with E-state index < -0.39 is 0 Å². The summed E-state index contributed by atoms with van der Waals surface area (Å²) < 4.78 is 3.25. The van der Waals surface area contributed by atoms with E-state index in [1.165, 1.54) is 4.68 Å². The number of aryl methyl sites for hydroxylation is 1. The minimum absolute atomic E-state index is 0.110. The maximum atomic E-state index is 5.89. The van der Waals surface area contributed by atoms with Crippen LogP contribution >= 0.6 is 11.6 Å². The number of halogens is 1. The Kier molecular flexibility index (Phi) is 3.30. The van der Waals surface area contributed by atoms with Gasteiger partial charge < -0.3 is 5.32 Å². The van der Waals surface area contributed by atoms with Crippen LogP contribution in [0.1, 0.15) is 5.56 Å². The number of rotatable bonds is 4. The summed E-state index contributed by atoms with van der Waals surface area (Å²) in [5.74, 6) is 0.753. The lowest BCUT2D eigenvalue weighted by Gasteiger charge is -2.05. The molecule has 0 saturated carbocycles. The molecule has 3 aromatic rings. The van der Waals surface area contributed by atoms with E-state index in [4.69, 9.17) is 11.6 Å². The lowest BCUT2D eigenvalue weighted by atomic mass is 10.4. The molecule has 0 saturated heterocycles. The van der Waals surface area contributed by atoms with Gasteiger partial charge in [0.1, 0.15) is 0 Å². The summed E-state index contributed by atoms with van der Waals surface area (Å²) in [7, 11) is 1.86. The molecule has 3 rings (SSSR count). The van der Waals surface area contributed by atoms with Crippen molar-refractivity contribution in [2.45, 2.75) is 6.54 Å². The van der Waals surface area contributed by atoms with Crippen molar-refractivity contribution in [3.05, 3.63) is 41.7 Å². The van der Waals surface area contributed by atoms with Crippen molar-refractivity contribution >= 4 is 17.5 Å². The Balaban J connectivity index is 1.79. The molecule has 20 heavy (non-hydrogen) atoms. The molecule has 0 aromatic carbocycles. The average molecular weight is 291 g/mol. The van der Waals surface area contributed by atoms with Gasteiger partial charge in [0, 0.05) is 37.7 Å². The SMILES string of the molecule is Cn1cc(CNc2nc(Cl)nc(-n3cccn3)n2)cn1. The topological polar surface area (TPSA) is 86.3 Å². The molecule has 0 unspecified atom stereocenters. The highest BCUT2D eigenvalue weighted by Crippen LogP contribution is 2.10. The molecule has 3 heterocycles. The molecule has 102 valence electrons. The molecule has 9 heteroatoms. The molecule has 8 nitrogen and oxygen atoms in total. The van der Waals surface area contributed by atoms with Crippen molar-refractivity contribution in [2.24, 2.45) is 7.05 Å². The Morgan fingerprint density at radius 1 is 1.25 bits per heavy atom. The molecule has 1 N–H and O–H groups in total. The Hall–Kier alpha value is -2.48. The molecular weight excluding hydrogens is 280 g/mol. The molecule has 0 aliphatic heterocycles. The van der Waals surface area contributed by atoms with Crippen LogP contribution in [0.5, 0.6) is 0 Å². The lowest BCUT2D eigenvalue weighted by Crippen LogP contribution is -2.09. The van der Waals surface area contributed by atoms with Crippen LogP contribution in [0.3, 0.4) is 0 Å². The predicted octanol–water partition coefficient (Wildman–Crippen LogP) is 1.06. The minimum Gasteiger partial charge on any atom is -0.350 e. The second kappa shape index (κ2) is 5.25. The summed E-state index contributed by atoms with van der Waals surface area (Å²) in [6.45, 7) is 0.548. The van der Waals surface area contributed by atoms with Crippen molar-refractivity contribution in [3.8, 4) is 5.95 Å². The largest absolute Gasteiger partial charge is 0.350 e. The number of nitrogens with one attached hydrogen (secondary N) is 1. The number of aromatic nitrogens is 7. The van der Waals surface area contributed by atoms with E-state index in [1.807, 2.05) is 13.2 Å². The molecule has 0 bridgehead atoms. The minimum atomic E-state index is 0.110. The Bertz CT molecular complexity index is 705. The highest BCUT2D eigenvalue weighted by molar-refractivity contribution is 6.28. The first-order valence-electron chi connectivity index (χ1n) is 5.84. The maximum Gasteiger partial charge on any atom is 0.256 e. The summed E-state index contributed by atoms with van der Waals surface area (Å²) in [5, 5.41) is 11.3. The van der Waals surface area contributed by atoms with E-state index >= 15 is 0 Å². The molecule has 0 aliphatic rings. The first kappa shape index (κ1) is 12.5. The van der Waals surface area contributed by atoms with E-state index in [1.54, 1.807) is 29.3 Å². The van der Waals surface area contributed by atoms with E-state index in [0.29, 0.717) is 18.4 Å². The maximum absolute atomic E-state index is 5.89. The Morgan fingerprint density at radius 3 is 2.85 bits per heavy atom. The third-order valence-electron chi connectivity index (χ3n) is 2.51. The van der Waals surface area contributed by atoms with Gasteiger partial charge in [-0.1, -0.05) is 0 Å². The molecule has 0 radical (unpaired) electrons. The van der Waals surface area contributed by atoms with Crippen molar-refractivity contribution in [2.75, 3.05) is 5.32 Å².